The minimum Gasteiger partial charge on any atom is -0.396 e. The highest BCUT2D eigenvalue weighted by molar-refractivity contribution is 5.18. The summed E-state index contributed by atoms with van der Waals surface area (Å²) in [5.74, 6) is 0. The Balaban J connectivity index is 2.09. The van der Waals surface area contributed by atoms with Crippen LogP contribution in [0.2, 0.25) is 0 Å². The Morgan fingerprint density at radius 2 is 2.00 bits per heavy atom. The third kappa shape index (κ3) is 2.82. The van der Waals surface area contributed by atoms with Crippen LogP contribution in [0, 0.1) is 6.07 Å². The average Bonchev–Trinajstić information content (AvgIpc) is 2.38. The largest absolute Gasteiger partial charge is 0.396 e. The molecule has 1 aliphatic rings. The second-order valence-corrected chi connectivity index (χ2v) is 4.15. The molecule has 2 rings (SSSR count). The summed E-state index contributed by atoms with van der Waals surface area (Å²) in [7, 11) is 0. The maximum absolute atomic E-state index is 9.18. The van der Waals surface area contributed by atoms with E-state index in [0.29, 0.717) is 6.04 Å². The van der Waals surface area contributed by atoms with Crippen molar-refractivity contribution in [3.8, 4) is 0 Å². The number of nitrogens with one attached hydrogen (secondary N) is 1. The second kappa shape index (κ2) is 5.99. The molecule has 1 aromatic rings. The molecular weight excluding hydrogens is 200 g/mol. The molecule has 2 N–H and O–H groups in total. The fourth-order valence-corrected chi connectivity index (χ4v) is 2.30. The molecule has 0 amide bonds. The zero-order valence-corrected chi connectivity index (χ0v) is 9.52. The smallest absolute Gasteiger partial charge is 0.0449 e. The molecule has 1 aromatic carbocycles. The molecule has 0 bridgehead atoms. The van der Waals surface area contributed by atoms with Crippen LogP contribution in [0.5, 0.6) is 0 Å². The fraction of sp³-hybridized carbons (Fsp3) is 0.538. The first-order chi connectivity index (χ1) is 7.92. The Kier molecular flexibility index (Phi) is 4.34. The molecule has 0 saturated carbocycles. The number of aliphatic hydroxyl groups excluding tert-OH is 1. The highest BCUT2D eigenvalue weighted by Gasteiger charge is 2.21. The minimum atomic E-state index is 0.243. The summed E-state index contributed by atoms with van der Waals surface area (Å²) in [6, 6.07) is 11.5. The summed E-state index contributed by atoms with van der Waals surface area (Å²) in [6.07, 6.45) is 0.810. The normalized spacial score (nSPS) is 19.6. The lowest BCUT2D eigenvalue weighted by molar-refractivity contribution is 0.141. The molecule has 1 unspecified atom stereocenters. The van der Waals surface area contributed by atoms with Gasteiger partial charge in [-0.05, 0) is 18.1 Å². The van der Waals surface area contributed by atoms with E-state index < -0.39 is 0 Å². The molecule has 0 spiro atoms. The van der Waals surface area contributed by atoms with E-state index in [1.165, 1.54) is 5.56 Å². The first-order valence-corrected chi connectivity index (χ1v) is 5.93. The van der Waals surface area contributed by atoms with E-state index in [2.05, 4.69) is 28.4 Å². The Hall–Kier alpha value is -0.900. The first-order valence-electron chi connectivity index (χ1n) is 5.93. The van der Waals surface area contributed by atoms with Gasteiger partial charge < -0.3 is 10.4 Å². The van der Waals surface area contributed by atoms with Crippen LogP contribution >= 0.6 is 0 Å². The predicted molar refractivity (Wildman–Crippen MR) is 64.2 cm³/mol. The predicted octanol–water partition coefficient (Wildman–Crippen LogP) is 0.815. The van der Waals surface area contributed by atoms with E-state index in [1.54, 1.807) is 0 Å². The van der Waals surface area contributed by atoms with Crippen LogP contribution in [0.3, 0.4) is 0 Å². The van der Waals surface area contributed by atoms with Crippen LogP contribution in [-0.4, -0.2) is 42.8 Å². The lowest BCUT2D eigenvalue weighted by Gasteiger charge is -2.35. The van der Waals surface area contributed by atoms with Gasteiger partial charge >= 0.3 is 0 Å². The van der Waals surface area contributed by atoms with Crippen LogP contribution in [0.15, 0.2) is 24.3 Å². The van der Waals surface area contributed by atoms with Crippen molar-refractivity contribution in [3.63, 3.8) is 0 Å². The van der Waals surface area contributed by atoms with Gasteiger partial charge in [-0.3, -0.25) is 4.90 Å². The monoisotopic (exact) mass is 219 g/mol. The number of rotatable bonds is 4. The zero-order chi connectivity index (χ0) is 11.2. The summed E-state index contributed by atoms with van der Waals surface area (Å²) in [6.45, 7) is 4.45. The Morgan fingerprint density at radius 1 is 1.31 bits per heavy atom. The number of aliphatic hydroxyl groups is 1. The third-order valence-electron chi connectivity index (χ3n) is 3.12. The van der Waals surface area contributed by atoms with Crippen molar-refractivity contribution in [3.05, 3.63) is 35.9 Å². The van der Waals surface area contributed by atoms with Gasteiger partial charge in [0.05, 0.1) is 0 Å². The summed E-state index contributed by atoms with van der Waals surface area (Å²) in [5, 5.41) is 12.5. The van der Waals surface area contributed by atoms with Crippen LogP contribution < -0.4 is 5.32 Å². The summed E-state index contributed by atoms with van der Waals surface area (Å²) < 4.78 is 0. The Labute approximate surface area is 97.1 Å². The van der Waals surface area contributed by atoms with Crippen molar-refractivity contribution in [2.75, 3.05) is 32.8 Å². The van der Waals surface area contributed by atoms with Gasteiger partial charge in [-0.15, -0.1) is 0 Å². The van der Waals surface area contributed by atoms with Crippen LogP contribution in [0.25, 0.3) is 0 Å². The molecule has 16 heavy (non-hydrogen) atoms. The zero-order valence-electron chi connectivity index (χ0n) is 9.52. The van der Waals surface area contributed by atoms with Gasteiger partial charge in [0.25, 0.3) is 0 Å². The Morgan fingerprint density at radius 3 is 2.62 bits per heavy atom. The van der Waals surface area contributed by atoms with Crippen LogP contribution in [-0.2, 0) is 0 Å². The number of piperazine rings is 1. The van der Waals surface area contributed by atoms with E-state index in [-0.39, 0.29) is 6.61 Å². The number of hydrogen-bond acceptors (Lipinski definition) is 3. The van der Waals surface area contributed by atoms with Crippen LogP contribution in [0.1, 0.15) is 18.0 Å². The summed E-state index contributed by atoms with van der Waals surface area (Å²) >= 11 is 0. The third-order valence-corrected chi connectivity index (χ3v) is 3.12. The SMILES string of the molecule is OCCC(c1cc[c]cc1)N1CCNCC1. The number of hydrogen-bond donors (Lipinski definition) is 2. The molecule has 1 heterocycles. The van der Waals surface area contributed by atoms with Crippen molar-refractivity contribution in [2.24, 2.45) is 0 Å². The fourth-order valence-electron chi connectivity index (χ4n) is 2.30. The van der Waals surface area contributed by atoms with Gasteiger partial charge in [-0.25, -0.2) is 0 Å². The second-order valence-electron chi connectivity index (χ2n) is 4.15. The lowest BCUT2D eigenvalue weighted by Crippen LogP contribution is -2.45. The molecule has 0 aromatic heterocycles. The van der Waals surface area contributed by atoms with Crippen molar-refractivity contribution in [2.45, 2.75) is 12.5 Å². The Bertz CT molecular complexity index is 296. The maximum atomic E-state index is 9.18. The molecule has 3 nitrogen and oxygen atoms in total. The molecule has 0 aliphatic carbocycles. The van der Waals surface area contributed by atoms with Gasteiger partial charge in [0, 0.05) is 38.8 Å². The van der Waals surface area contributed by atoms with Gasteiger partial charge in [0.15, 0.2) is 0 Å². The molecule has 1 fully saturated rings. The summed E-state index contributed by atoms with van der Waals surface area (Å²) in [4.78, 5) is 2.45. The van der Waals surface area contributed by atoms with Gasteiger partial charge in [0.2, 0.25) is 0 Å². The molecule has 1 atom stereocenters. The van der Waals surface area contributed by atoms with Crippen LogP contribution in [0.4, 0.5) is 0 Å². The minimum absolute atomic E-state index is 0.243. The van der Waals surface area contributed by atoms with E-state index >= 15 is 0 Å². The van der Waals surface area contributed by atoms with E-state index in [4.69, 9.17) is 0 Å². The topological polar surface area (TPSA) is 35.5 Å². The van der Waals surface area contributed by atoms with Crippen molar-refractivity contribution in [1.29, 1.82) is 0 Å². The molecule has 87 valence electrons. The van der Waals surface area contributed by atoms with E-state index in [0.717, 1.165) is 32.6 Å². The maximum Gasteiger partial charge on any atom is 0.0449 e. The van der Waals surface area contributed by atoms with Gasteiger partial charge in [-0.2, -0.15) is 0 Å². The quantitative estimate of drug-likeness (QED) is 0.787. The van der Waals surface area contributed by atoms with Crippen molar-refractivity contribution >= 4 is 0 Å². The van der Waals surface area contributed by atoms with Gasteiger partial charge in [0.1, 0.15) is 0 Å². The molecule has 1 saturated heterocycles. The molecule has 3 heteroatoms. The first kappa shape index (κ1) is 11.6. The molecule has 1 aliphatic heterocycles. The number of benzene rings is 1. The number of nitrogens with zero attached hydrogens (tertiary/aromatic N) is 1. The van der Waals surface area contributed by atoms with Crippen molar-refractivity contribution < 1.29 is 5.11 Å². The standard InChI is InChI=1S/C13H19N2O/c16-11-6-13(12-4-2-1-3-5-12)15-9-7-14-8-10-15/h2-5,13-14,16H,6-11H2. The van der Waals surface area contributed by atoms with E-state index in [1.807, 2.05) is 12.1 Å². The average molecular weight is 219 g/mol. The molecule has 1 radical (unpaired) electrons. The molecular formula is C13H19N2O. The van der Waals surface area contributed by atoms with Gasteiger partial charge in [-0.1, -0.05) is 24.3 Å². The van der Waals surface area contributed by atoms with Crippen molar-refractivity contribution in [1.82, 2.24) is 10.2 Å². The lowest BCUT2D eigenvalue weighted by atomic mass is 10.0. The van der Waals surface area contributed by atoms with E-state index in [9.17, 15) is 5.11 Å². The highest BCUT2D eigenvalue weighted by Crippen LogP contribution is 2.23. The highest BCUT2D eigenvalue weighted by atomic mass is 16.3. The summed E-state index contributed by atoms with van der Waals surface area (Å²) in [5.41, 5.74) is 1.29.